The largest absolute Gasteiger partial charge is 0.366 e. The number of hydrogen-bond acceptors (Lipinski definition) is 4. The molecule has 4 rings (SSSR count). The van der Waals surface area contributed by atoms with Crippen LogP contribution in [-0.2, 0) is 4.79 Å². The molecule has 1 N–H and O–H groups in total. The van der Waals surface area contributed by atoms with E-state index in [2.05, 4.69) is 55.0 Å². The van der Waals surface area contributed by atoms with Gasteiger partial charge in [0.15, 0.2) is 5.17 Å². The topological polar surface area (TPSA) is 44.7 Å². The molecule has 4 nitrogen and oxygen atoms in total. The van der Waals surface area contributed by atoms with Crippen molar-refractivity contribution in [3.63, 3.8) is 0 Å². The summed E-state index contributed by atoms with van der Waals surface area (Å²) in [5, 5.41) is 4.81. The van der Waals surface area contributed by atoms with Crippen molar-refractivity contribution in [1.82, 2.24) is 5.32 Å². The predicted molar refractivity (Wildman–Crippen MR) is 143 cm³/mol. The van der Waals surface area contributed by atoms with Crippen molar-refractivity contribution in [3.8, 4) is 0 Å². The lowest BCUT2D eigenvalue weighted by atomic mass is 9.79. The molecule has 174 valence electrons. The minimum absolute atomic E-state index is 0.0723. The molecule has 0 spiro atoms. The van der Waals surface area contributed by atoms with Crippen LogP contribution in [0.3, 0.4) is 0 Å². The molecular weight excluding hydrogens is 497 g/mol. The summed E-state index contributed by atoms with van der Waals surface area (Å²) >= 11 is 20.0. The predicted octanol–water partition coefficient (Wildman–Crippen LogP) is 8.04. The molecule has 2 aliphatic rings. The van der Waals surface area contributed by atoms with Gasteiger partial charge < -0.3 is 10.2 Å². The van der Waals surface area contributed by atoms with Crippen LogP contribution in [0, 0.1) is 0 Å². The Kier molecular flexibility index (Phi) is 7.07. The van der Waals surface area contributed by atoms with Gasteiger partial charge in [-0.05, 0) is 91.9 Å². The Labute approximate surface area is 214 Å². The average molecular weight is 523 g/mol. The van der Waals surface area contributed by atoms with Crippen LogP contribution < -0.4 is 10.2 Å². The van der Waals surface area contributed by atoms with Gasteiger partial charge in [-0.15, -0.1) is 0 Å². The highest BCUT2D eigenvalue weighted by atomic mass is 35.5. The number of nitrogens with zero attached hydrogens (tertiary/aromatic N) is 2. The Hall–Kier alpha value is -1.66. The van der Waals surface area contributed by atoms with Crippen LogP contribution in [0.1, 0.15) is 57.6 Å². The number of anilines is 1. The lowest BCUT2D eigenvalue weighted by Crippen LogP contribution is -2.48. The first-order valence-electron chi connectivity index (χ1n) is 10.9. The van der Waals surface area contributed by atoms with Crippen LogP contribution in [0.25, 0.3) is 6.08 Å². The SMILES string of the molecule is CCCN1c2cc(Cl)c(/C=C3/SC(=Nc4ccc(Cl)c(Cl)c4)NC3=O)cc2C(C)CC1(C)C. The van der Waals surface area contributed by atoms with E-state index in [4.69, 9.17) is 34.8 Å². The number of fused-ring (bicyclic) bond motifs is 1. The molecule has 2 heterocycles. The first-order chi connectivity index (χ1) is 15.6. The summed E-state index contributed by atoms with van der Waals surface area (Å²) in [4.78, 5) is 20.1. The quantitative estimate of drug-likeness (QED) is 0.413. The maximum absolute atomic E-state index is 12.6. The number of amides is 1. The molecular formula is C25H26Cl3N3OS. The molecule has 2 aromatic carbocycles. The number of aliphatic imine (C=N–C) groups is 1. The fourth-order valence-electron chi connectivity index (χ4n) is 4.57. The van der Waals surface area contributed by atoms with Crippen LogP contribution in [-0.4, -0.2) is 23.2 Å². The zero-order chi connectivity index (χ0) is 23.9. The van der Waals surface area contributed by atoms with Crippen molar-refractivity contribution in [2.75, 3.05) is 11.4 Å². The van der Waals surface area contributed by atoms with Crippen molar-refractivity contribution in [1.29, 1.82) is 0 Å². The maximum atomic E-state index is 12.6. The second-order valence-electron chi connectivity index (χ2n) is 9.08. The van der Waals surface area contributed by atoms with Crippen LogP contribution in [0.2, 0.25) is 15.1 Å². The third-order valence-corrected chi connectivity index (χ3v) is 8.00. The normalized spacial score (nSPS) is 22.1. The molecule has 1 saturated heterocycles. The van der Waals surface area contributed by atoms with E-state index in [1.165, 1.54) is 23.0 Å². The average Bonchev–Trinajstić information content (AvgIpc) is 3.07. The monoisotopic (exact) mass is 521 g/mol. The molecule has 0 radical (unpaired) electrons. The van der Waals surface area contributed by atoms with Gasteiger partial charge in [0.2, 0.25) is 0 Å². The highest BCUT2D eigenvalue weighted by Crippen LogP contribution is 2.46. The maximum Gasteiger partial charge on any atom is 0.264 e. The third-order valence-electron chi connectivity index (χ3n) is 6.02. The summed E-state index contributed by atoms with van der Waals surface area (Å²) in [6.45, 7) is 10.0. The van der Waals surface area contributed by atoms with Crippen molar-refractivity contribution < 1.29 is 4.79 Å². The zero-order valence-electron chi connectivity index (χ0n) is 19.0. The van der Waals surface area contributed by atoms with Gasteiger partial charge in [0.25, 0.3) is 5.91 Å². The molecule has 2 aliphatic heterocycles. The number of rotatable bonds is 4. The van der Waals surface area contributed by atoms with Crippen molar-refractivity contribution in [3.05, 3.63) is 61.4 Å². The minimum Gasteiger partial charge on any atom is -0.366 e. The Morgan fingerprint density at radius 1 is 1.18 bits per heavy atom. The van der Waals surface area contributed by atoms with Gasteiger partial charge in [-0.3, -0.25) is 4.79 Å². The zero-order valence-corrected chi connectivity index (χ0v) is 22.1. The van der Waals surface area contributed by atoms with E-state index in [0.717, 1.165) is 24.9 Å². The fourth-order valence-corrected chi connectivity index (χ4v) is 5.91. The van der Waals surface area contributed by atoms with Gasteiger partial charge in [-0.2, -0.15) is 0 Å². The standard InChI is InChI=1S/C25H26Cl3N3OS/c1-5-8-31-21-12-19(27)15(9-17(21)14(2)13-25(31,3)4)10-22-23(32)30-24(33-22)29-16-6-7-18(26)20(28)11-16/h6-7,9-12,14H,5,8,13H2,1-4H3,(H,29,30,32)/b22-10+. The summed E-state index contributed by atoms with van der Waals surface area (Å²) in [5.74, 6) is 0.198. The summed E-state index contributed by atoms with van der Waals surface area (Å²) < 4.78 is 0. The molecule has 1 amide bonds. The van der Waals surface area contributed by atoms with E-state index in [0.29, 0.717) is 36.7 Å². The van der Waals surface area contributed by atoms with Gasteiger partial charge in [0.05, 0.1) is 20.6 Å². The Morgan fingerprint density at radius 3 is 2.64 bits per heavy atom. The van der Waals surface area contributed by atoms with Gasteiger partial charge in [0.1, 0.15) is 0 Å². The summed E-state index contributed by atoms with van der Waals surface area (Å²) in [7, 11) is 0. The number of amidine groups is 1. The Morgan fingerprint density at radius 2 is 1.94 bits per heavy atom. The Bertz CT molecular complexity index is 1180. The second kappa shape index (κ2) is 9.53. The van der Waals surface area contributed by atoms with E-state index < -0.39 is 0 Å². The highest BCUT2D eigenvalue weighted by molar-refractivity contribution is 8.18. The first kappa shape index (κ1) is 24.5. The van der Waals surface area contributed by atoms with Crippen molar-refractivity contribution >= 4 is 75.1 Å². The van der Waals surface area contributed by atoms with Crippen molar-refractivity contribution in [2.24, 2.45) is 4.99 Å². The number of thioether (sulfide) groups is 1. The molecule has 0 aliphatic carbocycles. The van der Waals surface area contributed by atoms with E-state index in [9.17, 15) is 4.79 Å². The highest BCUT2D eigenvalue weighted by Gasteiger charge is 2.36. The summed E-state index contributed by atoms with van der Waals surface area (Å²) in [6.07, 6.45) is 3.97. The Balaban J connectivity index is 1.66. The van der Waals surface area contributed by atoms with E-state index in [1.807, 2.05) is 6.08 Å². The number of hydrogen-bond donors (Lipinski definition) is 1. The molecule has 0 aromatic heterocycles. The molecule has 1 atom stereocenters. The molecule has 0 saturated carbocycles. The molecule has 33 heavy (non-hydrogen) atoms. The summed E-state index contributed by atoms with van der Waals surface area (Å²) in [5.41, 5.74) is 3.99. The van der Waals surface area contributed by atoms with Crippen LogP contribution in [0.15, 0.2) is 40.2 Å². The van der Waals surface area contributed by atoms with Gasteiger partial charge in [0, 0.05) is 22.8 Å². The van der Waals surface area contributed by atoms with E-state index in [1.54, 1.807) is 18.2 Å². The fraction of sp³-hybridized carbons (Fsp3) is 0.360. The number of nitrogens with one attached hydrogen (secondary N) is 1. The molecule has 0 bridgehead atoms. The lowest BCUT2D eigenvalue weighted by molar-refractivity contribution is -0.115. The van der Waals surface area contributed by atoms with Crippen LogP contribution in [0.5, 0.6) is 0 Å². The lowest BCUT2D eigenvalue weighted by Gasteiger charge is -2.47. The smallest absolute Gasteiger partial charge is 0.264 e. The molecule has 1 fully saturated rings. The molecule has 8 heteroatoms. The third kappa shape index (κ3) is 5.07. The number of carbonyl (C=O) groups excluding carboxylic acids is 1. The van der Waals surface area contributed by atoms with E-state index in [-0.39, 0.29) is 11.4 Å². The first-order valence-corrected chi connectivity index (χ1v) is 12.9. The van der Waals surface area contributed by atoms with Crippen molar-refractivity contribution in [2.45, 2.75) is 52.0 Å². The number of carbonyl (C=O) groups is 1. The van der Waals surface area contributed by atoms with Gasteiger partial charge in [-0.1, -0.05) is 48.7 Å². The minimum atomic E-state index is -0.200. The van der Waals surface area contributed by atoms with Gasteiger partial charge >= 0.3 is 0 Å². The summed E-state index contributed by atoms with van der Waals surface area (Å²) in [6, 6.07) is 9.28. The van der Waals surface area contributed by atoms with Crippen LogP contribution in [0.4, 0.5) is 11.4 Å². The number of benzene rings is 2. The van der Waals surface area contributed by atoms with E-state index >= 15 is 0 Å². The number of halogens is 3. The molecule has 1 unspecified atom stereocenters. The molecule has 2 aromatic rings. The van der Waals surface area contributed by atoms with Gasteiger partial charge in [-0.25, -0.2) is 4.99 Å². The second-order valence-corrected chi connectivity index (χ2v) is 11.3. The van der Waals surface area contributed by atoms with Crippen LogP contribution >= 0.6 is 46.6 Å².